The molecule has 0 aliphatic carbocycles. The SMILES string of the molecule is O=C(c1c[nH]c2ccccc12)[C@H](NC[C@@H]1COc2ccccc2O1)c1ccccc1. The predicted octanol–water partition coefficient (Wildman–Crippen LogP) is 4.52. The maximum absolute atomic E-state index is 13.5. The van der Waals surface area contributed by atoms with E-state index in [1.165, 1.54) is 0 Å². The van der Waals surface area contributed by atoms with Gasteiger partial charge in [0.2, 0.25) is 0 Å². The molecular weight excluding hydrogens is 376 g/mol. The summed E-state index contributed by atoms with van der Waals surface area (Å²) in [5, 5.41) is 4.35. The van der Waals surface area contributed by atoms with E-state index in [9.17, 15) is 4.79 Å². The molecule has 0 saturated carbocycles. The monoisotopic (exact) mass is 398 g/mol. The number of H-pyrrole nitrogens is 1. The van der Waals surface area contributed by atoms with Crippen LogP contribution in [-0.4, -0.2) is 30.0 Å². The first-order chi connectivity index (χ1) is 14.8. The second-order valence-corrected chi connectivity index (χ2v) is 7.36. The minimum Gasteiger partial charge on any atom is -0.486 e. The molecule has 2 heterocycles. The van der Waals surface area contributed by atoms with Crippen molar-refractivity contribution in [3.8, 4) is 11.5 Å². The highest BCUT2D eigenvalue weighted by Gasteiger charge is 2.27. The summed E-state index contributed by atoms with van der Waals surface area (Å²) in [6.45, 7) is 0.925. The zero-order valence-corrected chi connectivity index (χ0v) is 16.4. The molecule has 2 N–H and O–H groups in total. The third-order valence-electron chi connectivity index (χ3n) is 5.37. The molecule has 0 radical (unpaired) electrons. The lowest BCUT2D eigenvalue weighted by molar-refractivity contribution is 0.0818. The molecule has 150 valence electrons. The minimum atomic E-state index is -0.480. The quantitative estimate of drug-likeness (QED) is 0.469. The second-order valence-electron chi connectivity index (χ2n) is 7.36. The van der Waals surface area contributed by atoms with Crippen LogP contribution in [0.1, 0.15) is 22.0 Å². The number of aromatic amines is 1. The number of nitrogens with one attached hydrogen (secondary N) is 2. The van der Waals surface area contributed by atoms with Gasteiger partial charge in [-0.25, -0.2) is 0 Å². The highest BCUT2D eigenvalue weighted by molar-refractivity contribution is 6.10. The van der Waals surface area contributed by atoms with E-state index in [0.29, 0.717) is 18.7 Å². The average Bonchev–Trinajstić information content (AvgIpc) is 3.24. The van der Waals surface area contributed by atoms with Crippen LogP contribution in [0, 0.1) is 0 Å². The lowest BCUT2D eigenvalue weighted by Crippen LogP contribution is -2.41. The predicted molar refractivity (Wildman–Crippen MR) is 116 cm³/mol. The van der Waals surface area contributed by atoms with Crippen molar-refractivity contribution in [3.63, 3.8) is 0 Å². The van der Waals surface area contributed by atoms with E-state index in [4.69, 9.17) is 9.47 Å². The molecule has 2 atom stereocenters. The van der Waals surface area contributed by atoms with Gasteiger partial charge >= 0.3 is 0 Å². The molecule has 0 unspecified atom stereocenters. The maximum atomic E-state index is 13.5. The van der Waals surface area contributed by atoms with Crippen molar-refractivity contribution in [2.24, 2.45) is 0 Å². The van der Waals surface area contributed by atoms with Crippen molar-refractivity contribution in [2.75, 3.05) is 13.2 Å². The molecule has 1 aromatic heterocycles. The van der Waals surface area contributed by atoms with E-state index in [0.717, 1.165) is 28.0 Å². The summed E-state index contributed by atoms with van der Waals surface area (Å²) in [5.41, 5.74) is 2.55. The van der Waals surface area contributed by atoms with Gasteiger partial charge in [0.05, 0.1) is 6.04 Å². The Morgan fingerprint density at radius 2 is 1.70 bits per heavy atom. The van der Waals surface area contributed by atoms with Crippen LogP contribution in [-0.2, 0) is 0 Å². The van der Waals surface area contributed by atoms with Crippen LogP contribution in [0.5, 0.6) is 11.5 Å². The highest BCUT2D eigenvalue weighted by atomic mass is 16.6. The Labute approximate surface area is 174 Å². The normalized spacial score (nSPS) is 16.3. The number of carbonyl (C=O) groups excluding carboxylic acids is 1. The first kappa shape index (κ1) is 18.5. The molecule has 5 rings (SSSR count). The fourth-order valence-electron chi connectivity index (χ4n) is 3.85. The summed E-state index contributed by atoms with van der Waals surface area (Å²) in [6.07, 6.45) is 1.61. The Morgan fingerprint density at radius 3 is 2.57 bits per heavy atom. The van der Waals surface area contributed by atoms with E-state index >= 15 is 0 Å². The molecule has 1 aliphatic heterocycles. The van der Waals surface area contributed by atoms with Crippen LogP contribution in [0.4, 0.5) is 0 Å². The lowest BCUT2D eigenvalue weighted by Gasteiger charge is -2.28. The highest BCUT2D eigenvalue weighted by Crippen LogP contribution is 2.31. The first-order valence-corrected chi connectivity index (χ1v) is 10.1. The van der Waals surface area contributed by atoms with Gasteiger partial charge in [-0.3, -0.25) is 10.1 Å². The van der Waals surface area contributed by atoms with Gasteiger partial charge in [0, 0.05) is 29.2 Å². The molecule has 4 aromatic rings. The van der Waals surface area contributed by atoms with Crippen molar-refractivity contribution >= 4 is 16.7 Å². The molecule has 0 spiro atoms. The van der Waals surface area contributed by atoms with Crippen molar-refractivity contribution < 1.29 is 14.3 Å². The van der Waals surface area contributed by atoms with Crippen LogP contribution < -0.4 is 14.8 Å². The number of ether oxygens (including phenoxy) is 2. The van der Waals surface area contributed by atoms with Gasteiger partial charge in [0.15, 0.2) is 17.3 Å². The number of ketones is 1. The third-order valence-corrected chi connectivity index (χ3v) is 5.37. The zero-order valence-electron chi connectivity index (χ0n) is 16.4. The van der Waals surface area contributed by atoms with Gasteiger partial charge in [-0.15, -0.1) is 0 Å². The Morgan fingerprint density at radius 1 is 0.967 bits per heavy atom. The van der Waals surface area contributed by atoms with Crippen molar-refractivity contribution in [3.05, 3.63) is 96.2 Å². The maximum Gasteiger partial charge on any atom is 0.186 e. The Balaban J connectivity index is 1.39. The van der Waals surface area contributed by atoms with Crippen molar-refractivity contribution in [1.29, 1.82) is 0 Å². The lowest BCUT2D eigenvalue weighted by atomic mass is 9.97. The molecule has 30 heavy (non-hydrogen) atoms. The number of hydrogen-bond donors (Lipinski definition) is 2. The average molecular weight is 398 g/mol. The summed E-state index contributed by atoms with van der Waals surface area (Å²) in [6, 6.07) is 24.8. The van der Waals surface area contributed by atoms with Gasteiger partial charge in [0.1, 0.15) is 12.7 Å². The van der Waals surface area contributed by atoms with Gasteiger partial charge in [0.25, 0.3) is 0 Å². The van der Waals surface area contributed by atoms with E-state index in [-0.39, 0.29) is 11.9 Å². The van der Waals surface area contributed by atoms with Crippen LogP contribution >= 0.6 is 0 Å². The molecular formula is C25H22N2O3. The van der Waals surface area contributed by atoms with E-state index in [2.05, 4.69) is 10.3 Å². The van der Waals surface area contributed by atoms with E-state index < -0.39 is 6.04 Å². The van der Waals surface area contributed by atoms with E-state index in [1.807, 2.05) is 78.9 Å². The number of Topliss-reactive ketones (excluding diaryl/α,β-unsaturated/α-hetero) is 1. The molecule has 1 aliphatic rings. The number of rotatable bonds is 6. The van der Waals surface area contributed by atoms with Crippen molar-refractivity contribution in [2.45, 2.75) is 12.1 Å². The van der Waals surface area contributed by atoms with Crippen molar-refractivity contribution in [1.82, 2.24) is 10.3 Å². The summed E-state index contributed by atoms with van der Waals surface area (Å²) >= 11 is 0. The molecule has 3 aromatic carbocycles. The Kier molecular flexibility index (Phi) is 4.95. The Hall–Kier alpha value is -3.57. The standard InChI is InChI=1S/C25H22N2O3/c28-25(20-15-26-21-11-5-4-10-19(20)21)24(17-8-2-1-3-9-17)27-14-18-16-29-22-12-6-7-13-23(22)30-18/h1-13,15,18,24,26-27H,14,16H2/t18-,24-/m1/s1. The molecule has 0 amide bonds. The summed E-state index contributed by atoms with van der Waals surface area (Å²) < 4.78 is 11.9. The number of para-hydroxylation sites is 3. The molecule has 5 heteroatoms. The van der Waals surface area contributed by atoms with Crippen LogP contribution in [0.25, 0.3) is 10.9 Å². The third kappa shape index (κ3) is 3.55. The van der Waals surface area contributed by atoms with Gasteiger partial charge < -0.3 is 14.5 Å². The minimum absolute atomic E-state index is 0.0239. The fourth-order valence-corrected chi connectivity index (χ4v) is 3.85. The first-order valence-electron chi connectivity index (χ1n) is 10.1. The summed E-state index contributed by atoms with van der Waals surface area (Å²) in [7, 11) is 0. The van der Waals surface area contributed by atoms with Gasteiger partial charge in [-0.2, -0.15) is 0 Å². The van der Waals surface area contributed by atoms with Crippen LogP contribution in [0.15, 0.2) is 85.1 Å². The number of benzene rings is 3. The molecule has 0 fully saturated rings. The van der Waals surface area contributed by atoms with Crippen LogP contribution in [0.3, 0.4) is 0 Å². The molecule has 0 saturated heterocycles. The second kappa shape index (κ2) is 8.05. The number of aromatic nitrogens is 1. The number of carbonyl (C=O) groups is 1. The zero-order chi connectivity index (χ0) is 20.3. The topological polar surface area (TPSA) is 63.4 Å². The smallest absolute Gasteiger partial charge is 0.186 e. The summed E-state index contributed by atoms with van der Waals surface area (Å²) in [4.78, 5) is 16.7. The summed E-state index contributed by atoms with van der Waals surface area (Å²) in [5.74, 6) is 1.51. The van der Waals surface area contributed by atoms with Gasteiger partial charge in [-0.05, 0) is 23.8 Å². The number of hydrogen-bond acceptors (Lipinski definition) is 4. The van der Waals surface area contributed by atoms with Crippen LogP contribution in [0.2, 0.25) is 0 Å². The van der Waals surface area contributed by atoms with Gasteiger partial charge in [-0.1, -0.05) is 60.7 Å². The largest absolute Gasteiger partial charge is 0.486 e. The van der Waals surface area contributed by atoms with E-state index in [1.54, 1.807) is 6.20 Å². The number of fused-ring (bicyclic) bond motifs is 2. The molecule has 5 nitrogen and oxygen atoms in total. The Bertz CT molecular complexity index is 1170. The molecule has 0 bridgehead atoms. The fraction of sp³-hybridized carbons (Fsp3) is 0.160.